The Morgan fingerprint density at radius 2 is 2.44 bits per heavy atom. The molecule has 0 spiro atoms. The Bertz CT molecular complexity index is 395. The maximum absolute atomic E-state index is 12.1. The van der Waals surface area contributed by atoms with Gasteiger partial charge in [-0.1, -0.05) is 6.07 Å². The second-order valence-electron chi connectivity index (χ2n) is 3.87. The third kappa shape index (κ3) is 2.14. The van der Waals surface area contributed by atoms with Gasteiger partial charge < -0.3 is 15.4 Å². The molecule has 2 rings (SSSR count). The lowest BCUT2D eigenvalue weighted by Crippen LogP contribution is -2.47. The van der Waals surface area contributed by atoms with Crippen LogP contribution in [-0.2, 0) is 4.74 Å². The maximum Gasteiger partial charge on any atom is 0.272 e. The number of nitrogen functional groups attached to an aromatic ring is 1. The summed E-state index contributed by atoms with van der Waals surface area (Å²) in [6.45, 7) is 3.73. The second-order valence-corrected chi connectivity index (χ2v) is 3.87. The van der Waals surface area contributed by atoms with Crippen LogP contribution < -0.4 is 5.73 Å². The standard InChI is InChI=1S/C11H15N3O2/c1-8-7-16-6-5-14(8)11(15)9-3-2-4-10(12)13-9/h2-4,8H,5-7H2,1H3,(H2,12,13)/t8-/m1/s1. The van der Waals surface area contributed by atoms with Crippen LogP contribution in [0.15, 0.2) is 18.2 Å². The Labute approximate surface area is 94.2 Å². The molecule has 1 aromatic heterocycles. The molecule has 0 saturated carbocycles. The fraction of sp³-hybridized carbons (Fsp3) is 0.455. The van der Waals surface area contributed by atoms with Gasteiger partial charge >= 0.3 is 0 Å². The number of carbonyl (C=O) groups excluding carboxylic acids is 1. The summed E-state index contributed by atoms with van der Waals surface area (Å²) in [7, 11) is 0. The van der Waals surface area contributed by atoms with Crippen molar-refractivity contribution in [1.82, 2.24) is 9.88 Å². The first kappa shape index (κ1) is 10.9. The van der Waals surface area contributed by atoms with E-state index in [2.05, 4.69) is 4.98 Å². The Hall–Kier alpha value is -1.62. The summed E-state index contributed by atoms with van der Waals surface area (Å²) in [4.78, 5) is 17.9. The van der Waals surface area contributed by atoms with Crippen molar-refractivity contribution in [3.05, 3.63) is 23.9 Å². The number of nitrogens with two attached hydrogens (primary N) is 1. The summed E-state index contributed by atoms with van der Waals surface area (Å²) in [5.74, 6) is 0.287. The molecule has 5 heteroatoms. The quantitative estimate of drug-likeness (QED) is 0.750. The number of ether oxygens (including phenoxy) is 1. The monoisotopic (exact) mass is 221 g/mol. The first-order chi connectivity index (χ1) is 7.68. The molecule has 1 amide bonds. The predicted molar refractivity (Wildman–Crippen MR) is 60.0 cm³/mol. The van der Waals surface area contributed by atoms with Gasteiger partial charge in [-0.05, 0) is 19.1 Å². The van der Waals surface area contributed by atoms with Crippen molar-refractivity contribution in [1.29, 1.82) is 0 Å². The lowest BCUT2D eigenvalue weighted by atomic mass is 10.2. The molecule has 2 N–H and O–H groups in total. The van der Waals surface area contributed by atoms with E-state index in [1.807, 2.05) is 6.92 Å². The van der Waals surface area contributed by atoms with Crippen LogP contribution in [0.3, 0.4) is 0 Å². The number of carbonyl (C=O) groups is 1. The van der Waals surface area contributed by atoms with Gasteiger partial charge in [-0.15, -0.1) is 0 Å². The predicted octanol–water partition coefficient (Wildman–Crippen LogP) is 0.525. The summed E-state index contributed by atoms with van der Waals surface area (Å²) in [6.07, 6.45) is 0. The minimum absolute atomic E-state index is 0.0805. The number of pyridine rings is 1. The molecular weight excluding hydrogens is 206 g/mol. The molecule has 0 unspecified atom stereocenters. The lowest BCUT2D eigenvalue weighted by Gasteiger charge is -2.33. The van der Waals surface area contributed by atoms with E-state index >= 15 is 0 Å². The highest BCUT2D eigenvalue weighted by molar-refractivity contribution is 5.92. The van der Waals surface area contributed by atoms with E-state index in [1.54, 1.807) is 23.1 Å². The average molecular weight is 221 g/mol. The topological polar surface area (TPSA) is 68.5 Å². The first-order valence-electron chi connectivity index (χ1n) is 5.30. The van der Waals surface area contributed by atoms with Crippen LogP contribution in [0.25, 0.3) is 0 Å². The molecule has 1 aliphatic heterocycles. The van der Waals surface area contributed by atoms with Gasteiger partial charge in [0.2, 0.25) is 0 Å². The number of hydrogen-bond donors (Lipinski definition) is 1. The molecule has 0 aromatic carbocycles. The Morgan fingerprint density at radius 1 is 1.62 bits per heavy atom. The van der Waals surface area contributed by atoms with Gasteiger partial charge in [-0.2, -0.15) is 0 Å². The van der Waals surface area contributed by atoms with Crippen LogP contribution in [-0.4, -0.2) is 41.6 Å². The van der Waals surface area contributed by atoms with Crippen LogP contribution in [0.1, 0.15) is 17.4 Å². The number of rotatable bonds is 1. The normalized spacial score (nSPS) is 20.8. The molecule has 1 aromatic rings. The molecule has 5 nitrogen and oxygen atoms in total. The Balaban J connectivity index is 2.17. The molecule has 86 valence electrons. The van der Waals surface area contributed by atoms with Crippen LogP contribution in [0.2, 0.25) is 0 Å². The molecule has 1 fully saturated rings. The van der Waals surface area contributed by atoms with Crippen molar-refractivity contribution in [3.8, 4) is 0 Å². The maximum atomic E-state index is 12.1. The number of amides is 1. The highest BCUT2D eigenvalue weighted by atomic mass is 16.5. The highest BCUT2D eigenvalue weighted by Gasteiger charge is 2.25. The molecular formula is C11H15N3O2. The number of anilines is 1. The van der Waals surface area contributed by atoms with Crippen molar-refractivity contribution in [3.63, 3.8) is 0 Å². The van der Waals surface area contributed by atoms with Gasteiger partial charge in [0.1, 0.15) is 11.5 Å². The molecule has 2 heterocycles. The van der Waals surface area contributed by atoms with Crippen LogP contribution in [0.4, 0.5) is 5.82 Å². The van der Waals surface area contributed by atoms with E-state index in [0.717, 1.165) is 0 Å². The molecule has 1 atom stereocenters. The van der Waals surface area contributed by atoms with E-state index in [0.29, 0.717) is 31.3 Å². The zero-order valence-electron chi connectivity index (χ0n) is 9.22. The fourth-order valence-electron chi connectivity index (χ4n) is 1.75. The van der Waals surface area contributed by atoms with Gasteiger partial charge in [0, 0.05) is 6.54 Å². The van der Waals surface area contributed by atoms with Gasteiger partial charge in [-0.25, -0.2) is 4.98 Å². The molecule has 1 aliphatic rings. The zero-order chi connectivity index (χ0) is 11.5. The Kier molecular flexibility index (Phi) is 3.05. The summed E-state index contributed by atoms with van der Waals surface area (Å²) >= 11 is 0. The summed E-state index contributed by atoms with van der Waals surface area (Å²) < 4.78 is 5.28. The lowest BCUT2D eigenvalue weighted by molar-refractivity contribution is 0.00328. The Morgan fingerprint density at radius 3 is 3.12 bits per heavy atom. The van der Waals surface area contributed by atoms with E-state index in [1.165, 1.54) is 0 Å². The molecule has 0 radical (unpaired) electrons. The van der Waals surface area contributed by atoms with Crippen molar-refractivity contribution in [2.45, 2.75) is 13.0 Å². The van der Waals surface area contributed by atoms with E-state index in [-0.39, 0.29) is 11.9 Å². The van der Waals surface area contributed by atoms with Crippen molar-refractivity contribution >= 4 is 11.7 Å². The van der Waals surface area contributed by atoms with Crippen LogP contribution >= 0.6 is 0 Å². The molecule has 0 aliphatic carbocycles. The van der Waals surface area contributed by atoms with Gasteiger partial charge in [0.15, 0.2) is 0 Å². The van der Waals surface area contributed by atoms with Gasteiger partial charge in [0.05, 0.1) is 19.3 Å². The summed E-state index contributed by atoms with van der Waals surface area (Å²) in [5.41, 5.74) is 5.95. The molecule has 1 saturated heterocycles. The minimum atomic E-state index is -0.0805. The number of hydrogen-bond acceptors (Lipinski definition) is 4. The van der Waals surface area contributed by atoms with Crippen LogP contribution in [0, 0.1) is 0 Å². The van der Waals surface area contributed by atoms with Crippen molar-refractivity contribution < 1.29 is 9.53 Å². The third-order valence-corrected chi connectivity index (χ3v) is 2.62. The zero-order valence-corrected chi connectivity index (χ0v) is 9.22. The number of nitrogens with zero attached hydrogens (tertiary/aromatic N) is 2. The van der Waals surface area contributed by atoms with Gasteiger partial charge in [-0.3, -0.25) is 4.79 Å². The van der Waals surface area contributed by atoms with E-state index in [9.17, 15) is 4.79 Å². The van der Waals surface area contributed by atoms with Crippen molar-refractivity contribution in [2.75, 3.05) is 25.5 Å². The van der Waals surface area contributed by atoms with Crippen molar-refractivity contribution in [2.24, 2.45) is 0 Å². The smallest absolute Gasteiger partial charge is 0.272 e. The molecule has 16 heavy (non-hydrogen) atoms. The largest absolute Gasteiger partial charge is 0.384 e. The van der Waals surface area contributed by atoms with Gasteiger partial charge in [0.25, 0.3) is 5.91 Å². The SMILES string of the molecule is C[C@@H]1COCCN1C(=O)c1cccc(N)n1. The summed E-state index contributed by atoms with van der Waals surface area (Å²) in [6, 6.07) is 5.17. The average Bonchev–Trinajstić information content (AvgIpc) is 2.29. The van der Waals surface area contributed by atoms with E-state index in [4.69, 9.17) is 10.5 Å². The van der Waals surface area contributed by atoms with Crippen LogP contribution in [0.5, 0.6) is 0 Å². The molecule has 0 bridgehead atoms. The highest BCUT2D eigenvalue weighted by Crippen LogP contribution is 2.11. The first-order valence-corrected chi connectivity index (χ1v) is 5.30. The minimum Gasteiger partial charge on any atom is -0.384 e. The number of aromatic nitrogens is 1. The number of morpholine rings is 1. The third-order valence-electron chi connectivity index (χ3n) is 2.62. The summed E-state index contributed by atoms with van der Waals surface area (Å²) in [5, 5.41) is 0. The van der Waals surface area contributed by atoms with E-state index < -0.39 is 0 Å². The second kappa shape index (κ2) is 4.49. The fourth-order valence-corrected chi connectivity index (χ4v) is 1.75.